The van der Waals surface area contributed by atoms with Gasteiger partial charge in [0.25, 0.3) is 0 Å². The largest absolute Gasteiger partial charge is 0.497 e. The van der Waals surface area contributed by atoms with Gasteiger partial charge in [-0.25, -0.2) is 14.6 Å². The van der Waals surface area contributed by atoms with E-state index in [9.17, 15) is 14.4 Å². The first kappa shape index (κ1) is 35.0. The Bertz CT molecular complexity index is 2070. The van der Waals surface area contributed by atoms with E-state index >= 15 is 0 Å². The number of ether oxygens (including phenoxy) is 4. The number of fused-ring (bicyclic) bond motifs is 1. The molecule has 0 radical (unpaired) electrons. The standard InChI is InChI=1S/C38H39N5O7/c1-38(2,3)24-15-22(18-33(39)44)35(48-5)31(19-24)43-37(46)42-30-11-12-32(29-10-8-7-9-28(29)30)50-26-13-14-40-34(21-26)41-25-16-23(36(45)49-6)17-27(20-25)47-4/h7-17,19-21H,18H2,1-6H3,(H2,39,44)(H,40,41)(H2,42,43,46). The Hall–Kier alpha value is -6.30. The number of nitrogens with two attached hydrogens (primary N) is 1. The summed E-state index contributed by atoms with van der Waals surface area (Å²) in [6, 6.07) is 22.6. The number of carbonyl (C=O) groups is 3. The number of esters is 1. The van der Waals surface area contributed by atoms with Gasteiger partial charge in [0.2, 0.25) is 5.91 Å². The molecule has 0 fully saturated rings. The molecule has 0 saturated carbocycles. The van der Waals surface area contributed by atoms with Gasteiger partial charge in [-0.15, -0.1) is 0 Å². The summed E-state index contributed by atoms with van der Waals surface area (Å²) in [5, 5.41) is 10.5. The van der Waals surface area contributed by atoms with Crippen LogP contribution in [0.2, 0.25) is 0 Å². The Balaban J connectivity index is 1.38. The van der Waals surface area contributed by atoms with E-state index in [0.29, 0.717) is 57.0 Å². The molecule has 0 aliphatic carbocycles. The summed E-state index contributed by atoms with van der Waals surface area (Å²) in [6.07, 6.45) is 1.56. The number of benzene rings is 4. The zero-order valence-corrected chi connectivity index (χ0v) is 28.7. The first-order chi connectivity index (χ1) is 23.9. The van der Waals surface area contributed by atoms with Crippen LogP contribution in [-0.2, 0) is 21.4 Å². The molecule has 0 saturated heterocycles. The molecule has 5 N–H and O–H groups in total. The van der Waals surface area contributed by atoms with Crippen LogP contribution in [0.5, 0.6) is 23.0 Å². The van der Waals surface area contributed by atoms with Crippen molar-refractivity contribution in [3.05, 3.63) is 102 Å². The van der Waals surface area contributed by atoms with Crippen LogP contribution in [0.25, 0.3) is 10.8 Å². The summed E-state index contributed by atoms with van der Waals surface area (Å²) in [7, 11) is 4.30. The molecule has 0 spiro atoms. The second kappa shape index (κ2) is 14.9. The number of pyridine rings is 1. The van der Waals surface area contributed by atoms with Gasteiger partial charge in [0.05, 0.1) is 44.7 Å². The lowest BCUT2D eigenvalue weighted by Gasteiger charge is -2.23. The normalized spacial score (nSPS) is 11.0. The molecule has 1 heterocycles. The molecule has 12 heteroatoms. The fourth-order valence-corrected chi connectivity index (χ4v) is 5.36. The van der Waals surface area contributed by atoms with Gasteiger partial charge in [0.1, 0.15) is 28.8 Å². The quantitative estimate of drug-likeness (QED) is 0.103. The number of primary amides is 1. The molecular weight excluding hydrogens is 638 g/mol. The third-order valence-electron chi connectivity index (χ3n) is 7.78. The van der Waals surface area contributed by atoms with Crippen LogP contribution in [0, 0.1) is 0 Å². The molecule has 0 aliphatic rings. The molecule has 5 rings (SSSR count). The average Bonchev–Trinajstić information content (AvgIpc) is 3.08. The Kier molecular flexibility index (Phi) is 10.4. The molecular formula is C38H39N5O7. The van der Waals surface area contributed by atoms with E-state index in [0.717, 1.165) is 16.3 Å². The first-order valence-corrected chi connectivity index (χ1v) is 15.7. The zero-order chi connectivity index (χ0) is 36.0. The molecule has 50 heavy (non-hydrogen) atoms. The highest BCUT2D eigenvalue weighted by atomic mass is 16.5. The Morgan fingerprint density at radius 1 is 0.800 bits per heavy atom. The van der Waals surface area contributed by atoms with E-state index in [1.54, 1.807) is 48.7 Å². The fraction of sp³-hybridized carbons (Fsp3) is 0.211. The maximum Gasteiger partial charge on any atom is 0.338 e. The number of rotatable bonds is 11. The third kappa shape index (κ3) is 8.21. The van der Waals surface area contributed by atoms with Crippen molar-refractivity contribution in [1.82, 2.24) is 4.98 Å². The van der Waals surface area contributed by atoms with Crippen molar-refractivity contribution in [2.45, 2.75) is 32.6 Å². The smallest absolute Gasteiger partial charge is 0.338 e. The summed E-state index contributed by atoms with van der Waals surface area (Å²) in [5.74, 6) is 1.35. The van der Waals surface area contributed by atoms with Gasteiger partial charge in [-0.2, -0.15) is 0 Å². The molecule has 3 amide bonds. The van der Waals surface area contributed by atoms with E-state index in [-0.39, 0.29) is 11.8 Å². The number of hydrogen-bond acceptors (Lipinski definition) is 9. The van der Waals surface area contributed by atoms with Crippen molar-refractivity contribution < 1.29 is 33.3 Å². The van der Waals surface area contributed by atoms with E-state index in [1.165, 1.54) is 21.3 Å². The molecule has 0 bridgehead atoms. The Labute approximate surface area is 289 Å². The molecule has 4 aromatic carbocycles. The molecule has 0 atom stereocenters. The number of amides is 3. The van der Waals surface area contributed by atoms with Crippen LogP contribution in [0.3, 0.4) is 0 Å². The van der Waals surface area contributed by atoms with E-state index in [2.05, 4.69) is 20.9 Å². The van der Waals surface area contributed by atoms with E-state index in [1.807, 2.05) is 57.2 Å². The molecule has 0 unspecified atom stereocenters. The van der Waals surface area contributed by atoms with Crippen LogP contribution >= 0.6 is 0 Å². The van der Waals surface area contributed by atoms with Gasteiger partial charge in [0.15, 0.2) is 0 Å². The summed E-state index contributed by atoms with van der Waals surface area (Å²) in [4.78, 5) is 41.8. The number of methoxy groups -OCH3 is 3. The second-order valence-electron chi connectivity index (χ2n) is 12.4. The van der Waals surface area contributed by atoms with Crippen LogP contribution in [0.4, 0.5) is 27.7 Å². The topological polar surface area (TPSA) is 163 Å². The minimum absolute atomic E-state index is 0.0398. The van der Waals surface area contributed by atoms with Crippen LogP contribution in [0.15, 0.2) is 85.1 Å². The predicted molar refractivity (Wildman–Crippen MR) is 193 cm³/mol. The Morgan fingerprint density at radius 2 is 1.54 bits per heavy atom. The lowest BCUT2D eigenvalue weighted by Crippen LogP contribution is -2.22. The highest BCUT2D eigenvalue weighted by Crippen LogP contribution is 2.38. The second-order valence-corrected chi connectivity index (χ2v) is 12.4. The third-order valence-corrected chi connectivity index (χ3v) is 7.78. The number of nitrogens with zero attached hydrogens (tertiary/aromatic N) is 1. The number of urea groups is 1. The van der Waals surface area contributed by atoms with Gasteiger partial charge >= 0.3 is 12.0 Å². The predicted octanol–water partition coefficient (Wildman–Crippen LogP) is 7.54. The first-order valence-electron chi connectivity index (χ1n) is 15.7. The summed E-state index contributed by atoms with van der Waals surface area (Å²) < 4.78 is 22.1. The molecule has 0 aliphatic heterocycles. The van der Waals surface area contributed by atoms with Crippen LogP contribution < -0.4 is 35.9 Å². The minimum Gasteiger partial charge on any atom is -0.497 e. The van der Waals surface area contributed by atoms with Crippen molar-refractivity contribution in [2.75, 3.05) is 37.3 Å². The van der Waals surface area contributed by atoms with Gasteiger partial charge in [-0.05, 0) is 47.4 Å². The van der Waals surface area contributed by atoms with Gasteiger partial charge in [-0.3, -0.25) is 4.79 Å². The molecule has 258 valence electrons. The van der Waals surface area contributed by atoms with Crippen molar-refractivity contribution in [3.8, 4) is 23.0 Å². The zero-order valence-electron chi connectivity index (χ0n) is 28.7. The Morgan fingerprint density at radius 3 is 2.22 bits per heavy atom. The lowest BCUT2D eigenvalue weighted by atomic mass is 9.85. The van der Waals surface area contributed by atoms with Gasteiger partial charge < -0.3 is 40.6 Å². The van der Waals surface area contributed by atoms with E-state index in [4.69, 9.17) is 24.7 Å². The highest BCUT2D eigenvalue weighted by Gasteiger charge is 2.22. The lowest BCUT2D eigenvalue weighted by molar-refractivity contribution is -0.117. The number of carbonyl (C=O) groups excluding carboxylic acids is 3. The van der Waals surface area contributed by atoms with E-state index < -0.39 is 17.9 Å². The molecule has 12 nitrogen and oxygen atoms in total. The molecule has 5 aromatic rings. The number of anilines is 4. The summed E-state index contributed by atoms with van der Waals surface area (Å²) >= 11 is 0. The monoisotopic (exact) mass is 677 g/mol. The number of aromatic nitrogens is 1. The van der Waals surface area contributed by atoms with Crippen molar-refractivity contribution in [3.63, 3.8) is 0 Å². The summed E-state index contributed by atoms with van der Waals surface area (Å²) in [6.45, 7) is 6.11. The van der Waals surface area contributed by atoms with Gasteiger partial charge in [0, 0.05) is 40.4 Å². The molecule has 1 aromatic heterocycles. The SMILES string of the molecule is COC(=O)c1cc(Nc2cc(Oc3ccc(NC(=O)Nc4cc(C(C)(C)C)cc(CC(N)=O)c4OC)c4ccccc34)ccn2)cc(OC)c1. The maximum absolute atomic E-state index is 13.4. The van der Waals surface area contributed by atoms with Gasteiger partial charge in [-0.1, -0.05) is 51.1 Å². The van der Waals surface area contributed by atoms with Crippen molar-refractivity contribution in [2.24, 2.45) is 5.73 Å². The maximum atomic E-state index is 13.4. The average molecular weight is 678 g/mol. The summed E-state index contributed by atoms with van der Waals surface area (Å²) in [5.41, 5.74) is 8.58. The highest BCUT2D eigenvalue weighted by molar-refractivity contribution is 6.08. The number of hydrogen-bond donors (Lipinski definition) is 4. The fourth-order valence-electron chi connectivity index (χ4n) is 5.36. The van der Waals surface area contributed by atoms with Crippen LogP contribution in [0.1, 0.15) is 42.3 Å². The van der Waals surface area contributed by atoms with Crippen LogP contribution in [-0.4, -0.2) is 44.2 Å². The minimum atomic E-state index is -0.510. The van der Waals surface area contributed by atoms with Crippen molar-refractivity contribution in [1.29, 1.82) is 0 Å². The van der Waals surface area contributed by atoms with Crippen molar-refractivity contribution >= 4 is 51.6 Å². The number of nitrogens with one attached hydrogen (secondary N) is 3.